The van der Waals surface area contributed by atoms with Gasteiger partial charge in [-0.1, -0.05) is 0 Å². The van der Waals surface area contributed by atoms with Gasteiger partial charge in [0.05, 0.1) is 12.2 Å². The zero-order valence-electron chi connectivity index (χ0n) is 12.7. The van der Waals surface area contributed by atoms with Gasteiger partial charge < -0.3 is 15.8 Å². The second-order valence-electron chi connectivity index (χ2n) is 5.73. The van der Waals surface area contributed by atoms with Gasteiger partial charge in [0.1, 0.15) is 11.5 Å². The summed E-state index contributed by atoms with van der Waals surface area (Å²) < 4.78 is 7.18. The summed E-state index contributed by atoms with van der Waals surface area (Å²) in [5, 5.41) is 13.7. The van der Waals surface area contributed by atoms with Gasteiger partial charge in [0.25, 0.3) is 0 Å². The third kappa shape index (κ3) is 2.72. The molecule has 23 heavy (non-hydrogen) atoms. The van der Waals surface area contributed by atoms with Crippen molar-refractivity contribution in [3.8, 4) is 11.1 Å². The molecule has 3 N–H and O–H groups in total. The molecule has 0 spiro atoms. The van der Waals surface area contributed by atoms with Gasteiger partial charge in [-0.25, -0.2) is 9.99 Å². The van der Waals surface area contributed by atoms with Crippen LogP contribution in [0.2, 0.25) is 0 Å². The van der Waals surface area contributed by atoms with E-state index in [1.165, 1.54) is 6.40 Å². The van der Waals surface area contributed by atoms with Crippen LogP contribution in [0.25, 0.3) is 11.1 Å². The van der Waals surface area contributed by atoms with Crippen molar-refractivity contribution in [3.05, 3.63) is 24.7 Å². The Morgan fingerprint density at radius 1 is 1.22 bits per heavy atom. The van der Waals surface area contributed by atoms with E-state index in [0.717, 1.165) is 42.7 Å². The van der Waals surface area contributed by atoms with E-state index in [0.29, 0.717) is 18.6 Å². The van der Waals surface area contributed by atoms with Crippen LogP contribution >= 0.6 is 0 Å². The fourth-order valence-electron chi connectivity index (χ4n) is 2.95. The van der Waals surface area contributed by atoms with Crippen molar-refractivity contribution in [2.75, 3.05) is 30.6 Å². The minimum atomic E-state index is 0.351. The van der Waals surface area contributed by atoms with Gasteiger partial charge in [-0.2, -0.15) is 5.10 Å². The fourth-order valence-corrected chi connectivity index (χ4v) is 2.95. The molecular weight excluding hydrogens is 294 g/mol. The molecule has 2 aromatic heterocycles. The molecule has 4 heterocycles. The SMILES string of the molecule is Nc1ncc(-c2cnn(C3CCNCC3)c2)cc1N1COC=N1. The van der Waals surface area contributed by atoms with Gasteiger partial charge in [0, 0.05) is 23.5 Å². The average molecular weight is 313 g/mol. The second kappa shape index (κ2) is 5.88. The number of pyridine rings is 1. The molecule has 1 fully saturated rings. The van der Waals surface area contributed by atoms with Gasteiger partial charge in [0.2, 0.25) is 0 Å². The molecule has 2 aromatic rings. The van der Waals surface area contributed by atoms with Gasteiger partial charge >= 0.3 is 0 Å². The van der Waals surface area contributed by atoms with Gasteiger partial charge in [0.15, 0.2) is 13.1 Å². The van der Waals surface area contributed by atoms with Crippen molar-refractivity contribution in [1.82, 2.24) is 20.1 Å². The fraction of sp³-hybridized carbons (Fsp3) is 0.400. The van der Waals surface area contributed by atoms with E-state index >= 15 is 0 Å². The smallest absolute Gasteiger partial charge is 0.195 e. The number of nitrogens with one attached hydrogen (secondary N) is 1. The monoisotopic (exact) mass is 313 g/mol. The number of nitrogen functional groups attached to an aromatic ring is 1. The number of ether oxygens (including phenoxy) is 1. The van der Waals surface area contributed by atoms with Crippen molar-refractivity contribution in [2.45, 2.75) is 18.9 Å². The van der Waals surface area contributed by atoms with Gasteiger partial charge in [-0.15, -0.1) is 5.10 Å². The summed E-state index contributed by atoms with van der Waals surface area (Å²) in [5.74, 6) is 0.433. The molecule has 0 amide bonds. The molecule has 2 aliphatic rings. The molecular formula is C15H19N7O. The molecule has 0 radical (unpaired) electrons. The van der Waals surface area contributed by atoms with E-state index in [2.05, 4.69) is 31.4 Å². The third-order valence-corrected chi connectivity index (χ3v) is 4.25. The molecule has 1 saturated heterocycles. The molecule has 0 atom stereocenters. The Morgan fingerprint density at radius 2 is 2.09 bits per heavy atom. The normalized spacial score (nSPS) is 18.3. The Kier molecular flexibility index (Phi) is 3.58. The van der Waals surface area contributed by atoms with E-state index in [1.807, 2.05) is 12.3 Å². The van der Waals surface area contributed by atoms with Gasteiger partial charge in [-0.05, 0) is 32.0 Å². The number of nitrogens with zero attached hydrogens (tertiary/aromatic N) is 5. The lowest BCUT2D eigenvalue weighted by molar-refractivity contribution is 0.343. The Balaban J connectivity index is 1.61. The number of piperidine rings is 1. The lowest BCUT2D eigenvalue weighted by atomic mass is 10.1. The van der Waals surface area contributed by atoms with Crippen molar-refractivity contribution in [1.29, 1.82) is 0 Å². The molecule has 2 aliphatic heterocycles. The maximum absolute atomic E-state index is 5.96. The summed E-state index contributed by atoms with van der Waals surface area (Å²) in [7, 11) is 0. The van der Waals surface area contributed by atoms with Crippen molar-refractivity contribution < 1.29 is 4.74 Å². The highest BCUT2D eigenvalue weighted by molar-refractivity contribution is 5.74. The molecule has 0 bridgehead atoms. The summed E-state index contributed by atoms with van der Waals surface area (Å²) in [6.07, 6.45) is 9.34. The highest BCUT2D eigenvalue weighted by atomic mass is 16.5. The first-order chi connectivity index (χ1) is 11.3. The highest BCUT2D eigenvalue weighted by Crippen LogP contribution is 2.30. The standard InChI is InChI=1S/C15H19N7O/c16-15-14(22-10-23-9-20-22)5-11(6-18-15)12-7-19-21(8-12)13-1-3-17-4-2-13/h5-9,13,17H,1-4,10H2,(H2,16,18). The van der Waals surface area contributed by atoms with Crippen LogP contribution in [0.15, 0.2) is 29.8 Å². The van der Waals surface area contributed by atoms with Crippen LogP contribution in [-0.4, -0.2) is 41.0 Å². The number of aromatic nitrogens is 3. The number of hydrogen-bond donors (Lipinski definition) is 2. The van der Waals surface area contributed by atoms with E-state index in [4.69, 9.17) is 10.5 Å². The quantitative estimate of drug-likeness (QED) is 0.884. The molecule has 0 aliphatic carbocycles. The lowest BCUT2D eigenvalue weighted by Crippen LogP contribution is -2.29. The topological polar surface area (TPSA) is 93.6 Å². The molecule has 0 aromatic carbocycles. The maximum Gasteiger partial charge on any atom is 0.195 e. The van der Waals surface area contributed by atoms with Crippen LogP contribution in [0, 0.1) is 0 Å². The van der Waals surface area contributed by atoms with Crippen molar-refractivity contribution >= 4 is 17.9 Å². The van der Waals surface area contributed by atoms with Crippen LogP contribution in [0.3, 0.4) is 0 Å². The molecule has 0 saturated carbocycles. The molecule has 8 nitrogen and oxygen atoms in total. The maximum atomic E-state index is 5.96. The second-order valence-corrected chi connectivity index (χ2v) is 5.73. The largest absolute Gasteiger partial charge is 0.459 e. The molecule has 120 valence electrons. The number of rotatable bonds is 3. The highest BCUT2D eigenvalue weighted by Gasteiger charge is 2.18. The summed E-state index contributed by atoms with van der Waals surface area (Å²) in [6.45, 7) is 2.43. The lowest BCUT2D eigenvalue weighted by Gasteiger charge is -2.22. The first-order valence-electron chi connectivity index (χ1n) is 7.73. The zero-order chi connectivity index (χ0) is 15.6. The summed E-state index contributed by atoms with van der Waals surface area (Å²) >= 11 is 0. The number of nitrogens with two attached hydrogens (primary N) is 1. The first-order valence-corrected chi connectivity index (χ1v) is 7.73. The number of anilines is 2. The summed E-state index contributed by atoms with van der Waals surface area (Å²) in [4.78, 5) is 4.28. The third-order valence-electron chi connectivity index (χ3n) is 4.25. The number of hydrogen-bond acceptors (Lipinski definition) is 7. The Hall–Kier alpha value is -2.61. The minimum Gasteiger partial charge on any atom is -0.459 e. The van der Waals surface area contributed by atoms with E-state index in [9.17, 15) is 0 Å². The van der Waals surface area contributed by atoms with Crippen molar-refractivity contribution in [2.24, 2.45) is 5.10 Å². The van der Waals surface area contributed by atoms with Crippen LogP contribution < -0.4 is 16.1 Å². The van der Waals surface area contributed by atoms with Gasteiger partial charge in [-0.3, -0.25) is 4.68 Å². The molecule has 4 rings (SSSR count). The Morgan fingerprint density at radius 3 is 2.87 bits per heavy atom. The van der Waals surface area contributed by atoms with E-state index < -0.39 is 0 Å². The van der Waals surface area contributed by atoms with Crippen molar-refractivity contribution in [3.63, 3.8) is 0 Å². The van der Waals surface area contributed by atoms with E-state index in [1.54, 1.807) is 11.2 Å². The predicted molar refractivity (Wildman–Crippen MR) is 87.9 cm³/mol. The zero-order valence-corrected chi connectivity index (χ0v) is 12.7. The predicted octanol–water partition coefficient (Wildman–Crippen LogP) is 1.19. The van der Waals surface area contributed by atoms with Crippen LogP contribution in [0.4, 0.5) is 11.5 Å². The Labute approximate surface area is 133 Å². The minimum absolute atomic E-state index is 0.351. The van der Waals surface area contributed by atoms with Crippen LogP contribution in [0.1, 0.15) is 18.9 Å². The first kappa shape index (κ1) is 14.0. The molecule has 8 heteroatoms. The summed E-state index contributed by atoms with van der Waals surface area (Å²) in [6, 6.07) is 2.43. The van der Waals surface area contributed by atoms with Crippen LogP contribution in [-0.2, 0) is 4.74 Å². The Bertz CT molecular complexity index is 720. The average Bonchev–Trinajstić information content (AvgIpc) is 3.28. The molecule has 0 unspecified atom stereocenters. The van der Waals surface area contributed by atoms with E-state index in [-0.39, 0.29) is 0 Å². The number of hydrazone groups is 1. The summed E-state index contributed by atoms with van der Waals surface area (Å²) in [5.41, 5.74) is 8.70. The van der Waals surface area contributed by atoms with Crippen LogP contribution in [0.5, 0.6) is 0 Å².